The molecule has 0 saturated heterocycles. The lowest BCUT2D eigenvalue weighted by Crippen LogP contribution is -2.19. The second-order valence-electron chi connectivity index (χ2n) is 6.03. The molecular weight excluding hydrogens is 332 g/mol. The first-order valence-corrected chi connectivity index (χ1v) is 8.02. The first-order valence-electron chi connectivity index (χ1n) is 7.22. The third-order valence-corrected chi connectivity index (χ3v) is 4.10. The number of aromatic hydroxyl groups is 1. The molecule has 1 aromatic rings. The van der Waals surface area contributed by atoms with Crippen molar-refractivity contribution in [2.24, 2.45) is 0 Å². The van der Waals surface area contributed by atoms with Crippen LogP contribution in [0.3, 0.4) is 0 Å². The zero-order chi connectivity index (χ0) is 16.7. The normalized spacial score (nSPS) is 14.0. The molecule has 0 aliphatic carbocycles. The molecule has 1 unspecified atom stereocenters. The summed E-state index contributed by atoms with van der Waals surface area (Å²) in [4.78, 5) is 8.00. The zero-order valence-electron chi connectivity index (χ0n) is 13.4. The first kappa shape index (κ1) is 20.1. The van der Waals surface area contributed by atoms with Crippen LogP contribution in [0.4, 0.5) is 0 Å². The molecule has 0 fully saturated rings. The van der Waals surface area contributed by atoms with Gasteiger partial charge in [0.2, 0.25) is 0 Å². The number of hydrogen-bond acceptors (Lipinski definition) is 3. The number of carbonyl (C=O) groups is 1. The smallest absolute Gasteiger partial charge is 0.145 e. The summed E-state index contributed by atoms with van der Waals surface area (Å²) in [7, 11) is 0. The lowest BCUT2D eigenvalue weighted by molar-refractivity contribution is -0.0979. The van der Waals surface area contributed by atoms with Crippen molar-refractivity contribution in [1.82, 2.24) is 0 Å². The molecule has 0 heterocycles. The Morgan fingerprint density at radius 3 is 2.24 bits per heavy atom. The van der Waals surface area contributed by atoms with E-state index in [4.69, 9.17) is 4.79 Å². The third kappa shape index (κ3) is 6.18. The SMILES string of the molecule is C=O.CCCCCC(C)(C)c1ccc(O)c(C(C)(O)Br)c1. The van der Waals surface area contributed by atoms with E-state index in [2.05, 4.69) is 36.7 Å². The molecule has 0 bridgehead atoms. The van der Waals surface area contributed by atoms with Crippen LogP contribution in [0.1, 0.15) is 64.5 Å². The Labute approximate surface area is 136 Å². The van der Waals surface area contributed by atoms with Crippen LogP contribution in [0.5, 0.6) is 5.75 Å². The van der Waals surface area contributed by atoms with Gasteiger partial charge in [-0.3, -0.25) is 0 Å². The fourth-order valence-corrected chi connectivity index (χ4v) is 2.60. The van der Waals surface area contributed by atoms with Crippen molar-refractivity contribution in [3.8, 4) is 5.75 Å². The van der Waals surface area contributed by atoms with Gasteiger partial charge in [0.25, 0.3) is 0 Å². The number of alkyl halides is 1. The van der Waals surface area contributed by atoms with Crippen molar-refractivity contribution in [3.05, 3.63) is 29.3 Å². The van der Waals surface area contributed by atoms with Crippen LogP contribution >= 0.6 is 15.9 Å². The number of phenols is 1. The largest absolute Gasteiger partial charge is 0.508 e. The highest BCUT2D eigenvalue weighted by Crippen LogP contribution is 2.38. The summed E-state index contributed by atoms with van der Waals surface area (Å²) in [6.45, 7) is 10.2. The number of halogens is 1. The average molecular weight is 359 g/mol. The van der Waals surface area contributed by atoms with Gasteiger partial charge in [0.05, 0.1) is 0 Å². The van der Waals surface area contributed by atoms with Crippen LogP contribution < -0.4 is 0 Å². The summed E-state index contributed by atoms with van der Waals surface area (Å²) >= 11 is 3.20. The van der Waals surface area contributed by atoms with E-state index in [1.807, 2.05) is 18.9 Å². The van der Waals surface area contributed by atoms with Gasteiger partial charge < -0.3 is 15.0 Å². The van der Waals surface area contributed by atoms with Crippen LogP contribution in [0.25, 0.3) is 0 Å². The monoisotopic (exact) mass is 358 g/mol. The molecule has 3 nitrogen and oxygen atoms in total. The predicted octanol–water partition coefficient (Wildman–Crippen LogP) is 4.63. The molecule has 0 aliphatic heterocycles. The molecule has 0 spiro atoms. The number of carbonyl (C=O) groups excluding carboxylic acids is 1. The molecule has 0 aromatic heterocycles. The Bertz CT molecular complexity index is 436. The summed E-state index contributed by atoms with van der Waals surface area (Å²) < 4.78 is -1.20. The fourth-order valence-electron chi connectivity index (χ4n) is 2.28. The van der Waals surface area contributed by atoms with Crippen LogP contribution in [0, 0.1) is 0 Å². The molecule has 2 N–H and O–H groups in total. The maximum atomic E-state index is 10.0. The number of unbranched alkanes of at least 4 members (excludes halogenated alkanes) is 2. The van der Waals surface area contributed by atoms with Crippen molar-refractivity contribution in [2.45, 2.75) is 63.3 Å². The molecule has 1 aromatic carbocycles. The van der Waals surface area contributed by atoms with E-state index in [-0.39, 0.29) is 11.2 Å². The summed E-state index contributed by atoms with van der Waals surface area (Å²) in [5.41, 5.74) is 1.72. The van der Waals surface area contributed by atoms with E-state index in [1.165, 1.54) is 19.3 Å². The molecule has 21 heavy (non-hydrogen) atoms. The average Bonchev–Trinajstić information content (AvgIpc) is 2.40. The minimum Gasteiger partial charge on any atom is -0.508 e. The summed E-state index contributed by atoms with van der Waals surface area (Å²) in [6, 6.07) is 5.52. The second-order valence-corrected chi connectivity index (χ2v) is 7.57. The van der Waals surface area contributed by atoms with Crippen molar-refractivity contribution in [2.75, 3.05) is 0 Å². The minimum atomic E-state index is -1.20. The van der Waals surface area contributed by atoms with Gasteiger partial charge in [0.1, 0.15) is 17.0 Å². The Balaban J connectivity index is 0.00000191. The highest BCUT2D eigenvalue weighted by molar-refractivity contribution is 9.09. The number of benzene rings is 1. The first-order chi connectivity index (χ1) is 9.68. The minimum absolute atomic E-state index is 0.0515. The highest BCUT2D eigenvalue weighted by atomic mass is 79.9. The molecule has 4 heteroatoms. The molecule has 120 valence electrons. The number of aliphatic hydroxyl groups is 1. The topological polar surface area (TPSA) is 57.5 Å². The van der Waals surface area contributed by atoms with E-state index < -0.39 is 4.51 Å². The van der Waals surface area contributed by atoms with Gasteiger partial charge in [-0.1, -0.05) is 46.1 Å². The van der Waals surface area contributed by atoms with Crippen LogP contribution in [0.2, 0.25) is 0 Å². The second kappa shape index (κ2) is 8.54. The standard InChI is InChI=1S/C16H25BrO2.CH2O/c1-5-6-7-10-15(2,3)12-8-9-14(18)13(11-12)16(4,17)19;1-2/h8-9,11,18-19H,5-7,10H2,1-4H3;1H2. The number of hydrogen-bond donors (Lipinski definition) is 2. The molecule has 0 amide bonds. The summed E-state index contributed by atoms with van der Waals surface area (Å²) in [5, 5.41) is 19.9. The molecular formula is C17H27BrO3. The van der Waals surface area contributed by atoms with E-state index in [1.54, 1.807) is 13.0 Å². The van der Waals surface area contributed by atoms with Crippen LogP contribution in [-0.4, -0.2) is 17.0 Å². The van der Waals surface area contributed by atoms with E-state index in [0.29, 0.717) is 5.56 Å². The van der Waals surface area contributed by atoms with Gasteiger partial charge in [-0.05, 0) is 52.4 Å². The van der Waals surface area contributed by atoms with Crippen molar-refractivity contribution in [3.63, 3.8) is 0 Å². The molecule has 0 aliphatic rings. The lowest BCUT2D eigenvalue weighted by Gasteiger charge is -2.27. The Morgan fingerprint density at radius 2 is 1.76 bits per heavy atom. The third-order valence-electron chi connectivity index (χ3n) is 3.67. The summed E-state index contributed by atoms with van der Waals surface area (Å²) in [6.07, 6.45) is 4.76. The van der Waals surface area contributed by atoms with Gasteiger partial charge in [-0.25, -0.2) is 0 Å². The van der Waals surface area contributed by atoms with Gasteiger partial charge >= 0.3 is 0 Å². The van der Waals surface area contributed by atoms with Crippen LogP contribution in [0.15, 0.2) is 18.2 Å². The van der Waals surface area contributed by atoms with Crippen molar-refractivity contribution in [1.29, 1.82) is 0 Å². The molecule has 0 saturated carbocycles. The molecule has 1 atom stereocenters. The Kier molecular flexibility index (Phi) is 8.19. The van der Waals surface area contributed by atoms with Gasteiger partial charge in [-0.15, -0.1) is 0 Å². The van der Waals surface area contributed by atoms with Crippen molar-refractivity contribution >= 4 is 22.7 Å². The van der Waals surface area contributed by atoms with E-state index >= 15 is 0 Å². The Morgan fingerprint density at radius 1 is 1.19 bits per heavy atom. The predicted molar refractivity (Wildman–Crippen MR) is 90.9 cm³/mol. The van der Waals surface area contributed by atoms with E-state index in [0.717, 1.165) is 12.0 Å². The van der Waals surface area contributed by atoms with Gasteiger partial charge in [-0.2, -0.15) is 0 Å². The van der Waals surface area contributed by atoms with Gasteiger partial charge in [0, 0.05) is 5.56 Å². The van der Waals surface area contributed by atoms with Gasteiger partial charge in [0.15, 0.2) is 0 Å². The summed E-state index contributed by atoms with van der Waals surface area (Å²) in [5.74, 6) is 0.120. The molecule has 1 rings (SSSR count). The zero-order valence-corrected chi connectivity index (χ0v) is 15.0. The highest BCUT2D eigenvalue weighted by Gasteiger charge is 2.26. The maximum Gasteiger partial charge on any atom is 0.145 e. The Hall–Kier alpha value is -0.870. The number of rotatable bonds is 6. The van der Waals surface area contributed by atoms with Crippen LogP contribution in [-0.2, 0) is 14.7 Å². The molecule has 0 radical (unpaired) electrons. The maximum absolute atomic E-state index is 10.0. The lowest BCUT2D eigenvalue weighted by atomic mass is 9.79. The quantitative estimate of drug-likeness (QED) is 0.575. The fraction of sp³-hybridized carbons (Fsp3) is 0.588. The van der Waals surface area contributed by atoms with Crippen molar-refractivity contribution < 1.29 is 15.0 Å². The van der Waals surface area contributed by atoms with E-state index in [9.17, 15) is 10.2 Å². The number of phenolic OH excluding ortho intramolecular Hbond substituents is 1.